The molecule has 0 aliphatic carbocycles. The van der Waals surface area contributed by atoms with Gasteiger partial charge in [0, 0.05) is 17.1 Å². The molecular formula is C20H24N2O3. The number of carbonyl (C=O) groups is 1. The fraction of sp³-hybridized carbons (Fsp3) is 0.350. The maximum Gasteiger partial charge on any atom is 0.224 e. The first-order valence-corrected chi connectivity index (χ1v) is 8.54. The predicted octanol–water partition coefficient (Wildman–Crippen LogP) is 3.20. The summed E-state index contributed by atoms with van der Waals surface area (Å²) in [7, 11) is 0. The second-order valence-corrected chi connectivity index (χ2v) is 6.64. The summed E-state index contributed by atoms with van der Waals surface area (Å²) in [6.45, 7) is 5.66. The van der Waals surface area contributed by atoms with E-state index in [1.54, 1.807) is 19.1 Å². The summed E-state index contributed by atoms with van der Waals surface area (Å²) < 4.78 is 5.46. The van der Waals surface area contributed by atoms with Crippen LogP contribution in [0.4, 0.5) is 0 Å². The molecule has 0 saturated carbocycles. The number of aromatic nitrogens is 1. The Hall–Kier alpha value is -2.53. The molecule has 3 N–H and O–H groups in total. The zero-order chi connectivity index (χ0) is 18.0. The third-order valence-electron chi connectivity index (χ3n) is 4.52. The van der Waals surface area contributed by atoms with E-state index in [9.17, 15) is 9.90 Å². The monoisotopic (exact) mass is 340 g/mol. The second kappa shape index (κ2) is 6.76. The quantitative estimate of drug-likeness (QED) is 0.645. The van der Waals surface area contributed by atoms with Gasteiger partial charge in [-0.15, -0.1) is 0 Å². The van der Waals surface area contributed by atoms with Crippen molar-refractivity contribution < 1.29 is 14.3 Å². The van der Waals surface area contributed by atoms with Crippen molar-refractivity contribution in [2.45, 2.75) is 39.2 Å². The SMILES string of the molecule is CCc1cccc2c(CC(=O)NCC(C)(O)c3ccc(C)o3)c[nH]c12. The first-order valence-electron chi connectivity index (χ1n) is 8.54. The van der Waals surface area contributed by atoms with Crippen LogP contribution < -0.4 is 5.32 Å². The van der Waals surface area contributed by atoms with Gasteiger partial charge in [0.1, 0.15) is 17.1 Å². The van der Waals surface area contributed by atoms with Crippen molar-refractivity contribution in [3.05, 3.63) is 59.2 Å². The number of aryl methyl sites for hydroxylation is 2. The van der Waals surface area contributed by atoms with Crippen LogP contribution in [0.3, 0.4) is 0 Å². The van der Waals surface area contributed by atoms with E-state index in [2.05, 4.69) is 23.3 Å². The Morgan fingerprint density at radius 2 is 2.08 bits per heavy atom. The van der Waals surface area contributed by atoms with E-state index in [1.165, 1.54) is 5.56 Å². The molecule has 3 aromatic rings. The van der Waals surface area contributed by atoms with Crippen LogP contribution in [0.5, 0.6) is 0 Å². The summed E-state index contributed by atoms with van der Waals surface area (Å²) in [5.74, 6) is 1.04. The van der Waals surface area contributed by atoms with Crippen LogP contribution in [0.2, 0.25) is 0 Å². The molecule has 1 amide bonds. The van der Waals surface area contributed by atoms with Crippen LogP contribution >= 0.6 is 0 Å². The number of furan rings is 1. The minimum Gasteiger partial charge on any atom is -0.463 e. The molecule has 1 atom stereocenters. The van der Waals surface area contributed by atoms with Gasteiger partial charge in [0.2, 0.25) is 5.91 Å². The second-order valence-electron chi connectivity index (χ2n) is 6.64. The fourth-order valence-electron chi connectivity index (χ4n) is 3.03. The molecular weight excluding hydrogens is 316 g/mol. The largest absolute Gasteiger partial charge is 0.463 e. The number of para-hydroxylation sites is 1. The van der Waals surface area contributed by atoms with Crippen molar-refractivity contribution in [3.63, 3.8) is 0 Å². The summed E-state index contributed by atoms with van der Waals surface area (Å²) in [5.41, 5.74) is 2.04. The van der Waals surface area contributed by atoms with E-state index in [-0.39, 0.29) is 18.9 Å². The van der Waals surface area contributed by atoms with Crippen LogP contribution in [0.1, 0.15) is 36.5 Å². The number of benzene rings is 1. The number of aliphatic hydroxyl groups is 1. The molecule has 2 heterocycles. The van der Waals surface area contributed by atoms with Gasteiger partial charge in [0.25, 0.3) is 0 Å². The Labute approximate surface area is 147 Å². The Balaban J connectivity index is 1.67. The summed E-state index contributed by atoms with van der Waals surface area (Å²) in [6, 6.07) is 9.65. The van der Waals surface area contributed by atoms with Gasteiger partial charge in [-0.05, 0) is 43.5 Å². The summed E-state index contributed by atoms with van der Waals surface area (Å²) in [4.78, 5) is 15.6. The first-order chi connectivity index (χ1) is 11.9. The van der Waals surface area contributed by atoms with Crippen molar-refractivity contribution in [1.29, 1.82) is 0 Å². The van der Waals surface area contributed by atoms with E-state index in [0.29, 0.717) is 5.76 Å². The van der Waals surface area contributed by atoms with Crippen LogP contribution in [0.15, 0.2) is 40.9 Å². The van der Waals surface area contributed by atoms with Gasteiger partial charge >= 0.3 is 0 Å². The average molecular weight is 340 g/mol. The van der Waals surface area contributed by atoms with Crippen molar-refractivity contribution in [2.75, 3.05) is 6.54 Å². The molecule has 5 heteroatoms. The highest BCUT2D eigenvalue weighted by Crippen LogP contribution is 2.24. The lowest BCUT2D eigenvalue weighted by molar-refractivity contribution is -0.121. The topological polar surface area (TPSA) is 78.3 Å². The van der Waals surface area contributed by atoms with Gasteiger partial charge in [-0.25, -0.2) is 0 Å². The predicted molar refractivity (Wildman–Crippen MR) is 97.4 cm³/mol. The van der Waals surface area contributed by atoms with Gasteiger partial charge in [0.05, 0.1) is 13.0 Å². The maximum atomic E-state index is 12.3. The highest BCUT2D eigenvalue weighted by atomic mass is 16.4. The number of rotatable bonds is 6. The van der Waals surface area contributed by atoms with Crippen molar-refractivity contribution in [3.8, 4) is 0 Å². The smallest absolute Gasteiger partial charge is 0.224 e. The number of hydrogen-bond donors (Lipinski definition) is 3. The molecule has 0 aliphatic rings. The number of aromatic amines is 1. The van der Waals surface area contributed by atoms with Crippen molar-refractivity contribution in [2.24, 2.45) is 0 Å². The number of carbonyl (C=O) groups excluding carboxylic acids is 1. The maximum absolute atomic E-state index is 12.3. The summed E-state index contributed by atoms with van der Waals surface area (Å²) in [5, 5.41) is 14.4. The Bertz CT molecular complexity index is 889. The van der Waals surface area contributed by atoms with E-state index >= 15 is 0 Å². The minimum atomic E-state index is -1.24. The number of amides is 1. The summed E-state index contributed by atoms with van der Waals surface area (Å²) in [6.07, 6.45) is 3.09. The number of nitrogens with one attached hydrogen (secondary N) is 2. The highest BCUT2D eigenvalue weighted by Gasteiger charge is 2.27. The van der Waals surface area contributed by atoms with Gasteiger partial charge < -0.3 is 19.8 Å². The van der Waals surface area contributed by atoms with E-state index in [1.807, 2.05) is 25.3 Å². The molecule has 132 valence electrons. The van der Waals surface area contributed by atoms with Crippen molar-refractivity contribution >= 4 is 16.8 Å². The fourth-order valence-corrected chi connectivity index (χ4v) is 3.03. The number of fused-ring (bicyclic) bond motifs is 1. The summed E-state index contributed by atoms with van der Waals surface area (Å²) >= 11 is 0. The minimum absolute atomic E-state index is 0.0986. The molecule has 25 heavy (non-hydrogen) atoms. The standard InChI is InChI=1S/C20H24N2O3/c1-4-14-6-5-7-16-15(11-21-19(14)16)10-18(23)22-12-20(3,24)17-9-8-13(2)25-17/h5-9,11,21,24H,4,10,12H2,1-3H3,(H,22,23). The highest BCUT2D eigenvalue weighted by molar-refractivity contribution is 5.90. The zero-order valence-corrected chi connectivity index (χ0v) is 14.8. The van der Waals surface area contributed by atoms with Gasteiger partial charge in [-0.3, -0.25) is 4.79 Å². The lowest BCUT2D eigenvalue weighted by Crippen LogP contribution is -2.39. The molecule has 0 spiro atoms. The van der Waals surface area contributed by atoms with Gasteiger partial charge in [-0.1, -0.05) is 25.1 Å². The third-order valence-corrected chi connectivity index (χ3v) is 4.52. The Kier molecular flexibility index (Phi) is 4.68. The number of hydrogen-bond acceptors (Lipinski definition) is 3. The molecule has 0 radical (unpaired) electrons. The molecule has 1 aromatic carbocycles. The Morgan fingerprint density at radius 1 is 1.28 bits per heavy atom. The molecule has 2 aromatic heterocycles. The molecule has 0 fully saturated rings. The van der Waals surface area contributed by atoms with E-state index in [4.69, 9.17) is 4.42 Å². The first kappa shape index (κ1) is 17.3. The Morgan fingerprint density at radius 3 is 2.76 bits per heavy atom. The number of H-pyrrole nitrogens is 1. The molecule has 1 unspecified atom stereocenters. The average Bonchev–Trinajstić information content (AvgIpc) is 3.20. The van der Waals surface area contributed by atoms with E-state index in [0.717, 1.165) is 28.6 Å². The molecule has 5 nitrogen and oxygen atoms in total. The van der Waals surface area contributed by atoms with Crippen molar-refractivity contribution in [1.82, 2.24) is 10.3 Å². The molecule has 0 aliphatic heterocycles. The normalized spacial score (nSPS) is 13.8. The van der Waals surface area contributed by atoms with Gasteiger partial charge in [-0.2, -0.15) is 0 Å². The molecule has 0 bridgehead atoms. The van der Waals surface area contributed by atoms with Crippen LogP contribution in [0, 0.1) is 6.92 Å². The lowest BCUT2D eigenvalue weighted by atomic mass is 10.0. The van der Waals surface area contributed by atoms with Gasteiger partial charge in [0.15, 0.2) is 0 Å². The van der Waals surface area contributed by atoms with E-state index < -0.39 is 5.60 Å². The zero-order valence-electron chi connectivity index (χ0n) is 14.8. The van der Waals surface area contributed by atoms with Crippen LogP contribution in [-0.2, 0) is 23.2 Å². The molecule has 0 saturated heterocycles. The lowest BCUT2D eigenvalue weighted by Gasteiger charge is -2.21. The molecule has 3 rings (SSSR count). The van der Waals surface area contributed by atoms with Crippen LogP contribution in [0.25, 0.3) is 10.9 Å². The van der Waals surface area contributed by atoms with Crippen LogP contribution in [-0.4, -0.2) is 22.5 Å². The third kappa shape index (κ3) is 3.61.